The Balaban J connectivity index is 1.96. The number of amides is 1. The first-order chi connectivity index (χ1) is 10.7. The molecule has 1 aliphatic heterocycles. The van der Waals surface area contributed by atoms with Crippen LogP contribution >= 0.6 is 11.6 Å². The summed E-state index contributed by atoms with van der Waals surface area (Å²) in [6.07, 6.45) is 2.11. The number of carbonyl (C=O) groups is 1. The molecule has 1 aromatic rings. The lowest BCUT2D eigenvalue weighted by Crippen LogP contribution is -2.36. The number of aromatic nitrogens is 2. The van der Waals surface area contributed by atoms with Crippen molar-refractivity contribution >= 4 is 29.5 Å². The van der Waals surface area contributed by atoms with E-state index in [-0.39, 0.29) is 12.1 Å². The molecule has 2 rings (SSSR count). The van der Waals surface area contributed by atoms with Gasteiger partial charge in [0.2, 0.25) is 5.95 Å². The van der Waals surface area contributed by atoms with E-state index in [1.807, 2.05) is 39.8 Å². The second-order valence-electron chi connectivity index (χ2n) is 6.82. The number of ether oxygens (including phenoxy) is 1. The standard InChI is InChI=1S/C15H24ClN5O2/c1-15(2,3)23-14(22)21-7-6-10(9-21)18-13-17-8-11(16)12(19-13)20(4)5/h8,10H,6-7,9H2,1-5H3,(H,17,18,19). The minimum Gasteiger partial charge on any atom is -0.444 e. The number of hydrogen-bond donors (Lipinski definition) is 1. The maximum absolute atomic E-state index is 12.1. The molecule has 7 nitrogen and oxygen atoms in total. The van der Waals surface area contributed by atoms with Crippen LogP contribution in [0.3, 0.4) is 0 Å². The first kappa shape index (κ1) is 17.6. The van der Waals surface area contributed by atoms with E-state index in [0.717, 1.165) is 6.42 Å². The molecule has 0 aromatic carbocycles. The van der Waals surface area contributed by atoms with Gasteiger partial charge < -0.3 is 19.9 Å². The zero-order chi connectivity index (χ0) is 17.2. The van der Waals surface area contributed by atoms with Crippen molar-refractivity contribution in [2.24, 2.45) is 0 Å². The molecule has 1 fully saturated rings. The number of carbonyl (C=O) groups excluding carboxylic acids is 1. The fourth-order valence-corrected chi connectivity index (χ4v) is 2.55. The Morgan fingerprint density at radius 3 is 2.78 bits per heavy atom. The third kappa shape index (κ3) is 4.86. The van der Waals surface area contributed by atoms with Gasteiger partial charge in [-0.25, -0.2) is 9.78 Å². The molecule has 1 N–H and O–H groups in total. The number of nitrogens with zero attached hydrogens (tertiary/aromatic N) is 4. The Kier molecular flexibility index (Phi) is 5.19. The van der Waals surface area contributed by atoms with Crippen molar-refractivity contribution in [3.63, 3.8) is 0 Å². The third-order valence-electron chi connectivity index (χ3n) is 3.32. The number of anilines is 2. The fourth-order valence-electron chi connectivity index (χ4n) is 2.29. The molecular formula is C15H24ClN5O2. The van der Waals surface area contributed by atoms with E-state index in [1.54, 1.807) is 11.1 Å². The summed E-state index contributed by atoms with van der Waals surface area (Å²) in [5.74, 6) is 1.17. The molecule has 1 aromatic heterocycles. The Bertz CT molecular complexity index is 573. The van der Waals surface area contributed by atoms with Gasteiger partial charge in [-0.15, -0.1) is 0 Å². The minimum atomic E-state index is -0.484. The Morgan fingerprint density at radius 2 is 2.17 bits per heavy atom. The SMILES string of the molecule is CN(C)c1nc(NC2CCN(C(=O)OC(C)(C)C)C2)ncc1Cl. The predicted octanol–water partition coefficient (Wildman–Crippen LogP) is 2.62. The Labute approximate surface area is 142 Å². The zero-order valence-corrected chi connectivity index (χ0v) is 15.0. The Hall–Kier alpha value is -1.76. The van der Waals surface area contributed by atoms with Gasteiger partial charge in [0.25, 0.3) is 0 Å². The highest BCUT2D eigenvalue weighted by Crippen LogP contribution is 2.23. The van der Waals surface area contributed by atoms with Crippen LogP contribution in [0.5, 0.6) is 0 Å². The van der Waals surface area contributed by atoms with Gasteiger partial charge in [-0.3, -0.25) is 0 Å². The van der Waals surface area contributed by atoms with E-state index >= 15 is 0 Å². The van der Waals surface area contributed by atoms with E-state index < -0.39 is 5.60 Å². The number of likely N-dealkylation sites (tertiary alicyclic amines) is 1. The van der Waals surface area contributed by atoms with Gasteiger partial charge in [-0.2, -0.15) is 4.98 Å². The topological polar surface area (TPSA) is 70.6 Å². The van der Waals surface area contributed by atoms with Gasteiger partial charge in [0.15, 0.2) is 5.82 Å². The molecular weight excluding hydrogens is 318 g/mol. The average Bonchev–Trinajstić information content (AvgIpc) is 2.87. The molecule has 1 unspecified atom stereocenters. The second kappa shape index (κ2) is 6.78. The summed E-state index contributed by atoms with van der Waals surface area (Å²) < 4.78 is 5.39. The summed E-state index contributed by atoms with van der Waals surface area (Å²) in [5.41, 5.74) is -0.484. The zero-order valence-electron chi connectivity index (χ0n) is 14.3. The highest BCUT2D eigenvalue weighted by atomic mass is 35.5. The van der Waals surface area contributed by atoms with Crippen molar-refractivity contribution in [2.75, 3.05) is 37.4 Å². The van der Waals surface area contributed by atoms with E-state index in [0.29, 0.717) is 29.9 Å². The van der Waals surface area contributed by atoms with Crippen LogP contribution in [0, 0.1) is 0 Å². The molecule has 0 spiro atoms. The molecule has 2 heterocycles. The molecule has 0 saturated carbocycles. The van der Waals surface area contributed by atoms with Crippen LogP contribution in [0.25, 0.3) is 0 Å². The van der Waals surface area contributed by atoms with E-state index in [4.69, 9.17) is 16.3 Å². The lowest BCUT2D eigenvalue weighted by atomic mass is 10.2. The molecule has 8 heteroatoms. The lowest BCUT2D eigenvalue weighted by Gasteiger charge is -2.24. The third-order valence-corrected chi connectivity index (χ3v) is 3.59. The van der Waals surface area contributed by atoms with Crippen molar-refractivity contribution in [3.05, 3.63) is 11.2 Å². The smallest absolute Gasteiger partial charge is 0.410 e. The minimum absolute atomic E-state index is 0.0960. The van der Waals surface area contributed by atoms with Gasteiger partial charge >= 0.3 is 6.09 Å². The number of halogens is 1. The molecule has 1 atom stereocenters. The first-order valence-corrected chi connectivity index (χ1v) is 7.98. The predicted molar refractivity (Wildman–Crippen MR) is 91.2 cm³/mol. The normalized spacial score (nSPS) is 18.0. The van der Waals surface area contributed by atoms with Crippen molar-refractivity contribution in [3.8, 4) is 0 Å². The molecule has 1 amide bonds. The first-order valence-electron chi connectivity index (χ1n) is 7.60. The fraction of sp³-hybridized carbons (Fsp3) is 0.667. The summed E-state index contributed by atoms with van der Waals surface area (Å²) in [7, 11) is 3.75. The van der Waals surface area contributed by atoms with Crippen molar-refractivity contribution < 1.29 is 9.53 Å². The summed E-state index contributed by atoms with van der Waals surface area (Å²) in [5, 5.41) is 3.76. The molecule has 0 aliphatic carbocycles. The van der Waals surface area contributed by atoms with E-state index in [2.05, 4.69) is 15.3 Å². The van der Waals surface area contributed by atoms with Gasteiger partial charge in [0.05, 0.1) is 6.20 Å². The van der Waals surface area contributed by atoms with Crippen LogP contribution < -0.4 is 10.2 Å². The number of hydrogen-bond acceptors (Lipinski definition) is 6. The van der Waals surface area contributed by atoms with Crippen molar-refractivity contribution in [1.82, 2.24) is 14.9 Å². The Morgan fingerprint density at radius 1 is 1.48 bits per heavy atom. The monoisotopic (exact) mass is 341 g/mol. The van der Waals surface area contributed by atoms with E-state index in [1.165, 1.54) is 0 Å². The molecule has 0 radical (unpaired) electrons. The van der Waals surface area contributed by atoms with Crippen LogP contribution in [-0.4, -0.2) is 59.8 Å². The van der Waals surface area contributed by atoms with Crippen LogP contribution in [-0.2, 0) is 4.74 Å². The van der Waals surface area contributed by atoms with E-state index in [9.17, 15) is 4.79 Å². The van der Waals surface area contributed by atoms with Gasteiger partial charge in [-0.05, 0) is 27.2 Å². The van der Waals surface area contributed by atoms with Crippen molar-refractivity contribution in [1.29, 1.82) is 0 Å². The maximum Gasteiger partial charge on any atom is 0.410 e. The van der Waals surface area contributed by atoms with Crippen LogP contribution in [0.15, 0.2) is 6.20 Å². The molecule has 0 bridgehead atoms. The molecule has 1 aliphatic rings. The van der Waals surface area contributed by atoms with Gasteiger partial charge in [-0.1, -0.05) is 11.6 Å². The summed E-state index contributed by atoms with van der Waals surface area (Å²) in [4.78, 5) is 24.2. The number of nitrogens with one attached hydrogen (secondary N) is 1. The lowest BCUT2D eigenvalue weighted by molar-refractivity contribution is 0.0293. The molecule has 1 saturated heterocycles. The molecule has 128 valence electrons. The number of rotatable bonds is 3. The summed E-state index contributed by atoms with van der Waals surface area (Å²) in [6, 6.07) is 0.0960. The van der Waals surface area contributed by atoms with Crippen LogP contribution in [0.1, 0.15) is 27.2 Å². The highest BCUT2D eigenvalue weighted by Gasteiger charge is 2.30. The van der Waals surface area contributed by atoms with Gasteiger partial charge in [0.1, 0.15) is 10.6 Å². The highest BCUT2D eigenvalue weighted by molar-refractivity contribution is 6.32. The van der Waals surface area contributed by atoms with Crippen LogP contribution in [0.4, 0.5) is 16.6 Å². The second-order valence-corrected chi connectivity index (χ2v) is 7.22. The largest absolute Gasteiger partial charge is 0.444 e. The van der Waals surface area contributed by atoms with Crippen molar-refractivity contribution in [2.45, 2.75) is 38.8 Å². The summed E-state index contributed by atoms with van der Waals surface area (Å²) >= 11 is 6.07. The molecule has 23 heavy (non-hydrogen) atoms. The van der Waals surface area contributed by atoms with Gasteiger partial charge in [0, 0.05) is 33.2 Å². The average molecular weight is 342 g/mol. The van der Waals surface area contributed by atoms with Crippen LogP contribution in [0.2, 0.25) is 5.02 Å². The maximum atomic E-state index is 12.1. The quantitative estimate of drug-likeness (QED) is 0.911. The summed E-state index contributed by atoms with van der Waals surface area (Å²) in [6.45, 7) is 6.81.